The monoisotopic (exact) mass is 271 g/mol. The SMILES string of the molecule is CCN[C@H](c1ccccc1)P(=O)(OCC)OCC. The summed E-state index contributed by atoms with van der Waals surface area (Å²) < 4.78 is 23.6. The first-order chi connectivity index (χ1) is 8.68. The maximum Gasteiger partial charge on any atom is 0.351 e. The number of hydrogen-bond donors (Lipinski definition) is 1. The van der Waals surface area contributed by atoms with Crippen molar-refractivity contribution >= 4 is 7.60 Å². The minimum Gasteiger partial charge on any atom is -0.308 e. The number of rotatable bonds is 8. The van der Waals surface area contributed by atoms with Crippen LogP contribution in [0.5, 0.6) is 0 Å². The minimum absolute atomic E-state index is 0.367. The Kier molecular flexibility index (Phi) is 6.58. The molecule has 1 rings (SSSR count). The normalized spacial score (nSPS) is 13.5. The molecular weight excluding hydrogens is 249 g/mol. The van der Waals surface area contributed by atoms with Gasteiger partial charge in [-0.3, -0.25) is 4.57 Å². The van der Waals surface area contributed by atoms with Gasteiger partial charge >= 0.3 is 7.60 Å². The summed E-state index contributed by atoms with van der Waals surface area (Å²) >= 11 is 0. The van der Waals surface area contributed by atoms with Gasteiger partial charge in [-0.2, -0.15) is 0 Å². The summed E-state index contributed by atoms with van der Waals surface area (Å²) in [6.45, 7) is 7.04. The summed E-state index contributed by atoms with van der Waals surface area (Å²) in [5.41, 5.74) is 0.921. The standard InChI is InChI=1S/C13H22NO3P/c1-4-14-13(12-10-8-7-9-11-12)18(15,16-5-2)17-6-3/h7-11,13-14H,4-6H2,1-3H3/t13-/m0/s1. The lowest BCUT2D eigenvalue weighted by Crippen LogP contribution is -2.23. The fraction of sp³-hybridized carbons (Fsp3) is 0.538. The predicted molar refractivity (Wildman–Crippen MR) is 73.7 cm³/mol. The summed E-state index contributed by atoms with van der Waals surface area (Å²) in [7, 11) is -3.18. The summed E-state index contributed by atoms with van der Waals surface area (Å²) in [6.07, 6.45) is 0. The Hall–Kier alpha value is -0.670. The van der Waals surface area contributed by atoms with Crippen LogP contribution >= 0.6 is 7.60 Å². The van der Waals surface area contributed by atoms with Crippen LogP contribution in [0.4, 0.5) is 0 Å². The molecule has 0 aliphatic heterocycles. The van der Waals surface area contributed by atoms with E-state index in [0.717, 1.165) is 5.56 Å². The van der Waals surface area contributed by atoms with Crippen molar-refractivity contribution in [1.82, 2.24) is 5.32 Å². The Morgan fingerprint density at radius 1 is 1.11 bits per heavy atom. The van der Waals surface area contributed by atoms with Crippen LogP contribution in [0.3, 0.4) is 0 Å². The van der Waals surface area contributed by atoms with Gasteiger partial charge in [-0.05, 0) is 26.0 Å². The lowest BCUT2D eigenvalue weighted by Gasteiger charge is -2.27. The molecule has 0 fully saturated rings. The summed E-state index contributed by atoms with van der Waals surface area (Å²) in [5, 5.41) is 3.20. The van der Waals surface area contributed by atoms with Gasteiger partial charge in [0.25, 0.3) is 0 Å². The molecule has 5 heteroatoms. The van der Waals surface area contributed by atoms with Crippen molar-refractivity contribution in [3.05, 3.63) is 35.9 Å². The van der Waals surface area contributed by atoms with Gasteiger partial charge in [0.05, 0.1) is 13.2 Å². The van der Waals surface area contributed by atoms with E-state index in [4.69, 9.17) is 9.05 Å². The fourth-order valence-electron chi connectivity index (χ4n) is 1.79. The maximum atomic E-state index is 12.8. The van der Waals surface area contributed by atoms with Crippen molar-refractivity contribution in [2.24, 2.45) is 0 Å². The molecule has 0 aromatic heterocycles. The molecule has 0 amide bonds. The van der Waals surface area contributed by atoms with Crippen molar-refractivity contribution in [2.45, 2.75) is 26.6 Å². The largest absolute Gasteiger partial charge is 0.351 e. The summed E-state index contributed by atoms with van der Waals surface area (Å²) in [4.78, 5) is 0. The zero-order valence-corrected chi connectivity index (χ0v) is 12.2. The molecule has 0 saturated heterocycles. The smallest absolute Gasteiger partial charge is 0.308 e. The highest BCUT2D eigenvalue weighted by molar-refractivity contribution is 7.54. The van der Waals surface area contributed by atoms with Crippen molar-refractivity contribution in [3.8, 4) is 0 Å². The van der Waals surface area contributed by atoms with Gasteiger partial charge in [-0.15, -0.1) is 0 Å². The molecule has 1 aromatic rings. The van der Waals surface area contributed by atoms with E-state index in [9.17, 15) is 4.57 Å². The molecule has 0 unspecified atom stereocenters. The molecule has 0 spiro atoms. The number of hydrogen-bond acceptors (Lipinski definition) is 4. The van der Waals surface area contributed by atoms with Gasteiger partial charge in [0.15, 0.2) is 0 Å². The molecule has 0 aliphatic carbocycles. The molecule has 102 valence electrons. The predicted octanol–water partition coefficient (Wildman–Crippen LogP) is 3.56. The van der Waals surface area contributed by atoms with Gasteiger partial charge in [0.1, 0.15) is 5.78 Å². The second-order valence-corrected chi connectivity index (χ2v) is 5.86. The zero-order valence-electron chi connectivity index (χ0n) is 11.3. The van der Waals surface area contributed by atoms with E-state index in [-0.39, 0.29) is 0 Å². The molecular formula is C13H22NO3P. The van der Waals surface area contributed by atoms with Crippen molar-refractivity contribution < 1.29 is 13.6 Å². The van der Waals surface area contributed by atoms with E-state index in [1.165, 1.54) is 0 Å². The third-order valence-electron chi connectivity index (χ3n) is 2.45. The van der Waals surface area contributed by atoms with Gasteiger partial charge in [0.2, 0.25) is 0 Å². The van der Waals surface area contributed by atoms with Crippen LogP contribution in [-0.2, 0) is 13.6 Å². The Morgan fingerprint density at radius 3 is 2.11 bits per heavy atom. The maximum absolute atomic E-state index is 12.8. The van der Waals surface area contributed by atoms with Crippen LogP contribution in [0, 0.1) is 0 Å². The molecule has 1 atom stereocenters. The molecule has 0 aliphatic rings. The number of nitrogens with one attached hydrogen (secondary N) is 1. The van der Waals surface area contributed by atoms with E-state index < -0.39 is 13.4 Å². The zero-order chi connectivity index (χ0) is 13.4. The van der Waals surface area contributed by atoms with Gasteiger partial charge < -0.3 is 14.4 Å². The quantitative estimate of drug-likeness (QED) is 0.734. The van der Waals surface area contributed by atoms with Crippen LogP contribution in [0.25, 0.3) is 0 Å². The van der Waals surface area contributed by atoms with Crippen LogP contribution in [-0.4, -0.2) is 19.8 Å². The van der Waals surface area contributed by atoms with E-state index in [0.29, 0.717) is 19.8 Å². The van der Waals surface area contributed by atoms with Crippen LogP contribution < -0.4 is 5.32 Å². The first-order valence-corrected chi connectivity index (χ1v) is 7.96. The van der Waals surface area contributed by atoms with Crippen molar-refractivity contribution in [2.75, 3.05) is 19.8 Å². The minimum atomic E-state index is -3.18. The highest BCUT2D eigenvalue weighted by atomic mass is 31.2. The third kappa shape index (κ3) is 3.92. The third-order valence-corrected chi connectivity index (χ3v) is 4.80. The van der Waals surface area contributed by atoms with Crippen molar-refractivity contribution in [1.29, 1.82) is 0 Å². The van der Waals surface area contributed by atoms with E-state index in [1.807, 2.05) is 51.1 Å². The highest BCUT2D eigenvalue weighted by Gasteiger charge is 2.36. The molecule has 0 radical (unpaired) electrons. The Morgan fingerprint density at radius 2 is 1.67 bits per heavy atom. The second-order valence-electron chi connectivity index (χ2n) is 3.75. The topological polar surface area (TPSA) is 47.6 Å². The number of benzene rings is 1. The molecule has 1 aromatic carbocycles. The lowest BCUT2D eigenvalue weighted by atomic mass is 10.2. The van der Waals surface area contributed by atoms with E-state index in [1.54, 1.807) is 0 Å². The fourth-order valence-corrected chi connectivity index (χ4v) is 3.82. The summed E-state index contributed by atoms with van der Waals surface area (Å²) in [6, 6.07) is 9.62. The summed E-state index contributed by atoms with van der Waals surface area (Å²) in [5.74, 6) is -0.413. The first-order valence-electron chi connectivity index (χ1n) is 6.35. The van der Waals surface area contributed by atoms with Crippen LogP contribution in [0.15, 0.2) is 30.3 Å². The molecule has 0 bridgehead atoms. The van der Waals surface area contributed by atoms with Crippen LogP contribution in [0.1, 0.15) is 32.1 Å². The highest BCUT2D eigenvalue weighted by Crippen LogP contribution is 2.59. The van der Waals surface area contributed by atoms with Gasteiger partial charge in [-0.25, -0.2) is 0 Å². The van der Waals surface area contributed by atoms with Crippen molar-refractivity contribution in [3.63, 3.8) is 0 Å². The molecule has 1 N–H and O–H groups in total. The van der Waals surface area contributed by atoms with Crippen LogP contribution in [0.2, 0.25) is 0 Å². The average molecular weight is 271 g/mol. The Bertz CT molecular complexity index is 373. The second kappa shape index (κ2) is 7.70. The molecule has 18 heavy (non-hydrogen) atoms. The Labute approximate surface area is 109 Å². The molecule has 4 nitrogen and oxygen atoms in total. The lowest BCUT2D eigenvalue weighted by molar-refractivity contribution is 0.208. The Balaban J connectivity index is 3.04. The van der Waals surface area contributed by atoms with E-state index in [2.05, 4.69) is 5.32 Å². The average Bonchev–Trinajstić information content (AvgIpc) is 2.37. The molecule has 0 heterocycles. The first kappa shape index (κ1) is 15.4. The van der Waals surface area contributed by atoms with Gasteiger partial charge in [-0.1, -0.05) is 37.3 Å². The van der Waals surface area contributed by atoms with E-state index >= 15 is 0 Å². The van der Waals surface area contributed by atoms with Gasteiger partial charge in [0, 0.05) is 0 Å². The molecule has 0 saturated carbocycles.